The van der Waals surface area contributed by atoms with E-state index < -0.39 is 9.84 Å². The van der Waals surface area contributed by atoms with Gasteiger partial charge in [-0.3, -0.25) is 0 Å². The van der Waals surface area contributed by atoms with E-state index in [2.05, 4.69) is 15.9 Å². The molecule has 0 N–H and O–H groups in total. The first-order valence-electron chi connectivity index (χ1n) is 7.44. The lowest BCUT2D eigenvalue weighted by molar-refractivity contribution is 0.149. The van der Waals surface area contributed by atoms with Crippen LogP contribution in [0, 0.1) is 5.41 Å². The van der Waals surface area contributed by atoms with Gasteiger partial charge in [0.25, 0.3) is 0 Å². The van der Waals surface area contributed by atoms with Crippen molar-refractivity contribution in [3.05, 3.63) is 24.3 Å². The third-order valence-electron chi connectivity index (χ3n) is 4.24. The average molecular weight is 375 g/mol. The number of halogens is 1. The minimum Gasteiger partial charge on any atom is -0.493 e. The largest absolute Gasteiger partial charge is 0.493 e. The van der Waals surface area contributed by atoms with Gasteiger partial charge >= 0.3 is 0 Å². The lowest BCUT2D eigenvalue weighted by atomic mass is 9.83. The molecule has 5 heteroatoms. The zero-order chi connectivity index (χ0) is 15.3. The van der Waals surface area contributed by atoms with Gasteiger partial charge in [0, 0.05) is 17.0 Å². The molecule has 21 heavy (non-hydrogen) atoms. The summed E-state index contributed by atoms with van der Waals surface area (Å²) >= 11 is 3.65. The maximum atomic E-state index is 11.4. The number of hydrogen-bond donors (Lipinski definition) is 0. The normalized spacial score (nSPS) is 19.0. The van der Waals surface area contributed by atoms with Gasteiger partial charge in [0.15, 0.2) is 9.84 Å². The van der Waals surface area contributed by atoms with Crippen LogP contribution in [-0.4, -0.2) is 26.6 Å². The minimum atomic E-state index is -3.14. The molecule has 0 unspecified atom stereocenters. The molecule has 1 aromatic carbocycles. The lowest BCUT2D eigenvalue weighted by Gasteiger charge is -2.30. The number of sulfone groups is 1. The summed E-state index contributed by atoms with van der Waals surface area (Å²) < 4.78 is 28.8. The molecule has 0 amide bonds. The average Bonchev–Trinajstić information content (AvgIpc) is 2.71. The van der Waals surface area contributed by atoms with Gasteiger partial charge in [-0.05, 0) is 37.1 Å². The maximum Gasteiger partial charge on any atom is 0.175 e. The van der Waals surface area contributed by atoms with Crippen molar-refractivity contribution >= 4 is 25.8 Å². The Labute approximate surface area is 136 Å². The van der Waals surface area contributed by atoms with Crippen LogP contribution in [-0.2, 0) is 9.84 Å². The molecular weight excluding hydrogens is 352 g/mol. The first-order chi connectivity index (χ1) is 9.95. The van der Waals surface area contributed by atoms with Gasteiger partial charge in [-0.2, -0.15) is 0 Å². The fraction of sp³-hybridized carbons (Fsp3) is 0.625. The van der Waals surface area contributed by atoms with Crippen molar-refractivity contribution in [1.29, 1.82) is 0 Å². The van der Waals surface area contributed by atoms with Crippen LogP contribution in [0.4, 0.5) is 0 Å². The summed E-state index contributed by atoms with van der Waals surface area (Å²) in [5.74, 6) is 0.743. The highest BCUT2D eigenvalue weighted by atomic mass is 79.9. The number of benzene rings is 1. The van der Waals surface area contributed by atoms with Crippen LogP contribution in [0.25, 0.3) is 0 Å². The summed E-state index contributed by atoms with van der Waals surface area (Å²) in [7, 11) is -3.14. The third-order valence-corrected chi connectivity index (χ3v) is 6.56. The summed E-state index contributed by atoms with van der Waals surface area (Å²) in [6, 6.07) is 6.71. The van der Waals surface area contributed by atoms with Gasteiger partial charge < -0.3 is 4.74 Å². The highest BCUT2D eigenvalue weighted by molar-refractivity contribution is 9.09. The Morgan fingerprint density at radius 3 is 2.14 bits per heavy atom. The number of alkyl halides is 1. The highest BCUT2D eigenvalue weighted by Gasteiger charge is 2.30. The van der Waals surface area contributed by atoms with Crippen LogP contribution in [0.5, 0.6) is 5.75 Å². The van der Waals surface area contributed by atoms with E-state index in [0.717, 1.165) is 11.1 Å². The van der Waals surface area contributed by atoms with E-state index in [-0.39, 0.29) is 5.41 Å². The molecule has 3 nitrogen and oxygen atoms in total. The van der Waals surface area contributed by atoms with Gasteiger partial charge in [-0.1, -0.05) is 41.6 Å². The Balaban J connectivity index is 2.01. The minimum absolute atomic E-state index is 0.214. The van der Waals surface area contributed by atoms with Crippen LogP contribution in [0.3, 0.4) is 0 Å². The summed E-state index contributed by atoms with van der Waals surface area (Å²) in [4.78, 5) is 0.333. The first kappa shape index (κ1) is 16.8. The summed E-state index contributed by atoms with van der Waals surface area (Å²) in [5, 5.41) is 0.960. The van der Waals surface area contributed by atoms with Gasteiger partial charge in [0.2, 0.25) is 0 Å². The van der Waals surface area contributed by atoms with E-state index in [4.69, 9.17) is 4.74 Å². The Kier molecular flexibility index (Phi) is 5.72. The van der Waals surface area contributed by atoms with E-state index in [0.29, 0.717) is 11.5 Å². The summed E-state index contributed by atoms with van der Waals surface area (Å²) in [6.07, 6.45) is 8.77. The van der Waals surface area contributed by atoms with E-state index >= 15 is 0 Å². The number of ether oxygens (including phenoxy) is 1. The molecule has 1 aliphatic rings. The highest BCUT2D eigenvalue weighted by Crippen LogP contribution is 2.37. The van der Waals surface area contributed by atoms with E-state index in [9.17, 15) is 8.42 Å². The molecule has 0 aromatic heterocycles. The molecular formula is C16H23BrO3S. The van der Waals surface area contributed by atoms with Crippen LogP contribution < -0.4 is 4.74 Å². The van der Waals surface area contributed by atoms with Crippen LogP contribution in [0.2, 0.25) is 0 Å². The fourth-order valence-corrected chi connectivity index (χ4v) is 4.17. The van der Waals surface area contributed by atoms with Crippen molar-refractivity contribution in [2.75, 3.05) is 18.2 Å². The third kappa shape index (κ3) is 4.71. The van der Waals surface area contributed by atoms with Crippen molar-refractivity contribution in [1.82, 2.24) is 0 Å². The first-order valence-corrected chi connectivity index (χ1v) is 10.5. The molecule has 0 saturated heterocycles. The van der Waals surface area contributed by atoms with Crippen molar-refractivity contribution in [2.24, 2.45) is 5.41 Å². The molecule has 1 fully saturated rings. The quantitative estimate of drug-likeness (QED) is 0.572. The van der Waals surface area contributed by atoms with Gasteiger partial charge in [0.1, 0.15) is 5.75 Å². The van der Waals surface area contributed by atoms with Crippen molar-refractivity contribution in [3.63, 3.8) is 0 Å². The molecule has 0 atom stereocenters. The van der Waals surface area contributed by atoms with Crippen LogP contribution in [0.1, 0.15) is 38.5 Å². The number of hydrogen-bond acceptors (Lipinski definition) is 3. The maximum absolute atomic E-state index is 11.4. The molecule has 2 rings (SSSR count). The molecule has 1 aromatic rings. The lowest BCUT2D eigenvalue weighted by Crippen LogP contribution is -2.29. The second-order valence-corrected chi connectivity index (χ2v) is 8.66. The molecule has 1 aliphatic carbocycles. The molecule has 0 spiro atoms. The van der Waals surface area contributed by atoms with E-state index in [1.807, 2.05) is 0 Å². The SMILES string of the molecule is CS(=O)(=O)c1ccc(OCC2(CBr)CCCCCC2)cc1. The summed E-state index contributed by atoms with van der Waals surface area (Å²) in [6.45, 7) is 0.691. The Hall–Kier alpha value is -0.550. The monoisotopic (exact) mass is 374 g/mol. The van der Waals surface area contributed by atoms with Gasteiger partial charge in [-0.15, -0.1) is 0 Å². The van der Waals surface area contributed by atoms with Crippen molar-refractivity contribution < 1.29 is 13.2 Å². The molecule has 0 radical (unpaired) electrons. The molecule has 118 valence electrons. The van der Waals surface area contributed by atoms with E-state index in [1.165, 1.54) is 44.8 Å². The predicted octanol–water partition coefficient (Wildman–Crippen LogP) is 4.20. The standard InChI is InChI=1S/C16H23BrO3S/c1-21(18,19)15-8-6-14(7-9-15)20-13-16(12-17)10-4-2-3-5-11-16/h6-9H,2-5,10-13H2,1H3. The van der Waals surface area contributed by atoms with Gasteiger partial charge in [-0.25, -0.2) is 8.42 Å². The Morgan fingerprint density at radius 1 is 1.10 bits per heavy atom. The van der Waals surface area contributed by atoms with Crippen molar-refractivity contribution in [2.45, 2.75) is 43.4 Å². The second-order valence-electron chi connectivity index (χ2n) is 6.08. The second kappa shape index (κ2) is 7.14. The molecule has 0 bridgehead atoms. The van der Waals surface area contributed by atoms with E-state index in [1.54, 1.807) is 24.3 Å². The zero-order valence-electron chi connectivity index (χ0n) is 12.5. The Bertz CT molecular complexity index is 543. The molecule has 0 aliphatic heterocycles. The van der Waals surface area contributed by atoms with Crippen molar-refractivity contribution in [3.8, 4) is 5.75 Å². The number of rotatable bonds is 5. The summed E-state index contributed by atoms with van der Waals surface area (Å²) in [5.41, 5.74) is 0.214. The fourth-order valence-electron chi connectivity index (χ4n) is 2.81. The van der Waals surface area contributed by atoms with Gasteiger partial charge in [0.05, 0.1) is 11.5 Å². The molecule has 0 heterocycles. The topological polar surface area (TPSA) is 43.4 Å². The van der Waals surface area contributed by atoms with Crippen LogP contribution in [0.15, 0.2) is 29.2 Å². The predicted molar refractivity (Wildman–Crippen MR) is 89.0 cm³/mol. The smallest absolute Gasteiger partial charge is 0.175 e. The van der Waals surface area contributed by atoms with Crippen LogP contribution >= 0.6 is 15.9 Å². The molecule has 1 saturated carbocycles. The Morgan fingerprint density at radius 2 is 1.67 bits per heavy atom. The zero-order valence-corrected chi connectivity index (χ0v) is 14.9.